The molecule has 0 N–H and O–H groups in total. The number of rotatable bonds is 2. The van der Waals surface area contributed by atoms with Crippen LogP contribution in [0.15, 0.2) is 4.90 Å². The van der Waals surface area contributed by atoms with Crippen LogP contribution in [0.2, 0.25) is 15.6 Å². The van der Waals surface area contributed by atoms with Crippen molar-refractivity contribution in [3.63, 3.8) is 0 Å². The van der Waals surface area contributed by atoms with Gasteiger partial charge in [-0.15, -0.1) is 11.6 Å². The highest BCUT2D eigenvalue weighted by molar-refractivity contribution is 7.93. The van der Waals surface area contributed by atoms with Gasteiger partial charge >= 0.3 is 0 Å². The van der Waals surface area contributed by atoms with E-state index in [-0.39, 0.29) is 15.6 Å². The van der Waals surface area contributed by atoms with Crippen molar-refractivity contribution in [2.45, 2.75) is 16.5 Å². The van der Waals surface area contributed by atoms with Crippen molar-refractivity contribution in [1.82, 2.24) is 9.97 Å². The fourth-order valence-electron chi connectivity index (χ4n) is 0.771. The van der Waals surface area contributed by atoms with E-state index in [9.17, 15) is 8.42 Å². The topological polar surface area (TPSA) is 59.9 Å². The summed E-state index contributed by atoms with van der Waals surface area (Å²) >= 11 is 22.1. The molecule has 0 fully saturated rings. The molecule has 1 rings (SSSR count). The van der Waals surface area contributed by atoms with Gasteiger partial charge in [0.25, 0.3) is 0 Å². The Bertz CT molecular complexity index is 465. The average molecular weight is 310 g/mol. The molecule has 0 radical (unpaired) electrons. The SMILES string of the molecule is CC(Cl)S(=O)(=O)c1c(Cl)nc(Cl)nc1Cl. The minimum absolute atomic E-state index is 0.230. The first-order chi connectivity index (χ1) is 6.76. The Morgan fingerprint density at radius 2 is 1.53 bits per heavy atom. The van der Waals surface area contributed by atoms with Gasteiger partial charge in [-0.05, 0) is 18.5 Å². The number of aromatic nitrogens is 2. The molecule has 0 aliphatic rings. The van der Waals surface area contributed by atoms with E-state index < -0.39 is 19.4 Å². The Kier molecular flexibility index (Phi) is 4.06. The molecule has 0 aliphatic carbocycles. The van der Waals surface area contributed by atoms with Gasteiger partial charge in [0.15, 0.2) is 10.3 Å². The summed E-state index contributed by atoms with van der Waals surface area (Å²) in [5.74, 6) is 0. The normalized spacial score (nSPS) is 13.9. The van der Waals surface area contributed by atoms with Crippen molar-refractivity contribution in [2.75, 3.05) is 0 Å². The summed E-state index contributed by atoms with van der Waals surface area (Å²) in [4.78, 5) is 6.56. The van der Waals surface area contributed by atoms with Crippen LogP contribution in [0.4, 0.5) is 0 Å². The zero-order valence-electron chi connectivity index (χ0n) is 7.21. The lowest BCUT2D eigenvalue weighted by molar-refractivity contribution is 0.593. The smallest absolute Gasteiger partial charge is 0.222 e. The van der Waals surface area contributed by atoms with Gasteiger partial charge in [-0.25, -0.2) is 18.4 Å². The van der Waals surface area contributed by atoms with Crippen molar-refractivity contribution in [1.29, 1.82) is 0 Å². The lowest BCUT2D eigenvalue weighted by Crippen LogP contribution is -2.14. The van der Waals surface area contributed by atoms with Gasteiger partial charge in [0, 0.05) is 0 Å². The van der Waals surface area contributed by atoms with Gasteiger partial charge in [-0.2, -0.15) is 0 Å². The largest absolute Gasteiger partial charge is 0.225 e. The van der Waals surface area contributed by atoms with Crippen LogP contribution in [0.1, 0.15) is 6.92 Å². The quantitative estimate of drug-likeness (QED) is 0.479. The maximum absolute atomic E-state index is 11.7. The molecule has 1 atom stereocenters. The highest BCUT2D eigenvalue weighted by Crippen LogP contribution is 2.31. The summed E-state index contributed by atoms with van der Waals surface area (Å²) < 4.78 is 22.1. The Labute approximate surface area is 106 Å². The average Bonchev–Trinajstić information content (AvgIpc) is 2.00. The van der Waals surface area contributed by atoms with Gasteiger partial charge in [-0.3, -0.25) is 0 Å². The van der Waals surface area contributed by atoms with Crippen LogP contribution < -0.4 is 0 Å². The molecule has 0 aromatic carbocycles. The van der Waals surface area contributed by atoms with Crippen LogP contribution in [0.25, 0.3) is 0 Å². The first-order valence-electron chi connectivity index (χ1n) is 3.53. The standard InChI is InChI=1S/C6H4Cl4N2O2S/c1-2(7)15(13,14)3-4(8)11-6(10)12-5(3)9/h2H,1H3. The molecule has 0 saturated carbocycles. The highest BCUT2D eigenvalue weighted by Gasteiger charge is 2.29. The Balaban J connectivity index is 3.52. The second-order valence-corrected chi connectivity index (χ2v) is 6.66. The Morgan fingerprint density at radius 1 is 1.13 bits per heavy atom. The fourth-order valence-corrected chi connectivity index (χ4v) is 3.21. The number of hydrogen-bond donors (Lipinski definition) is 0. The van der Waals surface area contributed by atoms with E-state index in [0.29, 0.717) is 0 Å². The van der Waals surface area contributed by atoms with Crippen molar-refractivity contribution >= 4 is 56.2 Å². The minimum atomic E-state index is -3.84. The molecular weight excluding hydrogens is 306 g/mol. The van der Waals surface area contributed by atoms with E-state index in [1.54, 1.807) is 0 Å². The number of sulfone groups is 1. The lowest BCUT2D eigenvalue weighted by Gasteiger charge is -2.08. The van der Waals surface area contributed by atoms with E-state index in [1.165, 1.54) is 6.92 Å². The Morgan fingerprint density at radius 3 is 1.87 bits per heavy atom. The van der Waals surface area contributed by atoms with Gasteiger partial charge in [-0.1, -0.05) is 23.2 Å². The van der Waals surface area contributed by atoms with Gasteiger partial charge < -0.3 is 0 Å². The van der Waals surface area contributed by atoms with Crippen molar-refractivity contribution < 1.29 is 8.42 Å². The molecule has 9 heteroatoms. The molecule has 1 aromatic heterocycles. The van der Waals surface area contributed by atoms with Crippen molar-refractivity contribution in [2.24, 2.45) is 0 Å². The van der Waals surface area contributed by atoms with Crippen LogP contribution in [-0.4, -0.2) is 23.1 Å². The third-order valence-electron chi connectivity index (χ3n) is 1.47. The summed E-state index contributed by atoms with van der Waals surface area (Å²) in [6.45, 7) is 1.28. The first-order valence-corrected chi connectivity index (χ1v) is 6.65. The van der Waals surface area contributed by atoms with E-state index >= 15 is 0 Å². The number of halogens is 4. The van der Waals surface area contributed by atoms with Crippen LogP contribution >= 0.6 is 46.4 Å². The highest BCUT2D eigenvalue weighted by atomic mass is 35.5. The zero-order chi connectivity index (χ0) is 11.8. The number of nitrogens with zero attached hydrogens (tertiary/aromatic N) is 2. The third kappa shape index (κ3) is 2.65. The van der Waals surface area contributed by atoms with E-state index in [2.05, 4.69) is 9.97 Å². The second-order valence-electron chi connectivity index (χ2n) is 2.49. The molecular formula is C6H4Cl4N2O2S. The van der Waals surface area contributed by atoms with E-state index in [0.717, 1.165) is 0 Å². The van der Waals surface area contributed by atoms with Crippen molar-refractivity contribution in [3.05, 3.63) is 15.6 Å². The van der Waals surface area contributed by atoms with E-state index in [4.69, 9.17) is 46.4 Å². The Hall–Kier alpha value is 0.190. The summed E-state index contributed by atoms with van der Waals surface area (Å²) in [5, 5.41) is -0.911. The summed E-state index contributed by atoms with van der Waals surface area (Å²) in [5.41, 5.74) is 0. The molecule has 0 spiro atoms. The molecule has 0 aliphatic heterocycles. The third-order valence-corrected chi connectivity index (χ3v) is 4.92. The van der Waals surface area contributed by atoms with Crippen LogP contribution in [0.3, 0.4) is 0 Å². The molecule has 0 saturated heterocycles. The number of alkyl halides is 1. The predicted molar refractivity (Wildman–Crippen MR) is 59.6 cm³/mol. The molecule has 15 heavy (non-hydrogen) atoms. The van der Waals surface area contributed by atoms with Crippen LogP contribution in [0.5, 0.6) is 0 Å². The molecule has 1 aromatic rings. The van der Waals surface area contributed by atoms with Gasteiger partial charge in [0.1, 0.15) is 9.60 Å². The summed E-state index contributed by atoms with van der Waals surface area (Å²) in [6, 6.07) is 0. The van der Waals surface area contributed by atoms with Crippen LogP contribution in [0, 0.1) is 0 Å². The first kappa shape index (κ1) is 13.3. The molecule has 1 heterocycles. The monoisotopic (exact) mass is 308 g/mol. The molecule has 0 amide bonds. The molecule has 4 nitrogen and oxygen atoms in total. The van der Waals surface area contributed by atoms with Gasteiger partial charge in [0.2, 0.25) is 15.1 Å². The predicted octanol–water partition coefficient (Wildman–Crippen LogP) is 2.80. The van der Waals surface area contributed by atoms with Crippen molar-refractivity contribution in [3.8, 4) is 0 Å². The maximum atomic E-state index is 11.7. The lowest BCUT2D eigenvalue weighted by atomic mass is 10.7. The molecule has 84 valence electrons. The summed E-state index contributed by atoms with van der Waals surface area (Å²) in [7, 11) is -3.84. The fraction of sp³-hybridized carbons (Fsp3) is 0.333. The molecule has 1 unspecified atom stereocenters. The molecule has 0 bridgehead atoms. The second kappa shape index (κ2) is 4.59. The zero-order valence-corrected chi connectivity index (χ0v) is 11.0. The minimum Gasteiger partial charge on any atom is -0.222 e. The van der Waals surface area contributed by atoms with E-state index in [1.807, 2.05) is 0 Å². The number of hydrogen-bond acceptors (Lipinski definition) is 4. The van der Waals surface area contributed by atoms with Gasteiger partial charge in [0.05, 0.1) is 0 Å². The summed E-state index contributed by atoms with van der Waals surface area (Å²) in [6.07, 6.45) is 0. The maximum Gasteiger partial charge on any atom is 0.225 e. The van der Waals surface area contributed by atoms with Crippen LogP contribution in [-0.2, 0) is 9.84 Å².